The first-order chi connectivity index (χ1) is 4.85. The van der Waals surface area contributed by atoms with Gasteiger partial charge < -0.3 is 16.7 Å². The molecule has 0 saturated carbocycles. The molecule has 0 aliphatic rings. The number of hydrogen-bond donors (Lipinski definition) is 4. The number of rotatable bonds is 6. The zero-order valence-corrected chi connectivity index (χ0v) is 6.21. The first-order valence-electron chi connectivity index (χ1n) is 3.65. The van der Waals surface area contributed by atoms with E-state index in [0.29, 0.717) is 13.1 Å². The van der Waals surface area contributed by atoms with E-state index in [9.17, 15) is 0 Å². The molecule has 0 heterocycles. The van der Waals surface area contributed by atoms with Crippen LogP contribution in [0.1, 0.15) is 19.3 Å². The molecule has 6 N–H and O–H groups in total. The van der Waals surface area contributed by atoms with Gasteiger partial charge in [0.1, 0.15) is 0 Å². The predicted molar refractivity (Wildman–Crippen MR) is 40.7 cm³/mol. The highest BCUT2D eigenvalue weighted by Crippen LogP contribution is 1.97. The quantitative estimate of drug-likeness (QED) is 0.299. The molecular formula is C6H17N3O. The lowest BCUT2D eigenvalue weighted by atomic mass is 10.1. The van der Waals surface area contributed by atoms with Crippen LogP contribution < -0.4 is 16.9 Å². The summed E-state index contributed by atoms with van der Waals surface area (Å²) >= 11 is 0. The van der Waals surface area contributed by atoms with Gasteiger partial charge in [-0.1, -0.05) is 6.42 Å². The normalized spacial score (nSPS) is 13.5. The van der Waals surface area contributed by atoms with Crippen LogP contribution in [0.3, 0.4) is 0 Å². The Hall–Kier alpha value is -0.160. The summed E-state index contributed by atoms with van der Waals surface area (Å²) in [6.07, 6.45) is 2.91. The highest BCUT2D eigenvalue weighted by atomic mass is 16.5. The molecule has 0 radical (unpaired) electrons. The minimum absolute atomic E-state index is 0.0338. The molecule has 10 heavy (non-hydrogen) atoms. The highest BCUT2D eigenvalue weighted by Gasteiger charge is 2.01. The summed E-state index contributed by atoms with van der Waals surface area (Å²) < 4.78 is 0. The van der Waals surface area contributed by atoms with Crippen LogP contribution in [0, 0.1) is 0 Å². The Morgan fingerprint density at radius 2 is 2.00 bits per heavy atom. The lowest BCUT2D eigenvalue weighted by Gasteiger charge is -2.10. The number of nitrogens with two attached hydrogens (primary N) is 2. The molecule has 0 saturated heterocycles. The van der Waals surface area contributed by atoms with Crippen molar-refractivity contribution in [1.29, 1.82) is 0 Å². The van der Waals surface area contributed by atoms with Crippen LogP contribution >= 0.6 is 0 Å². The van der Waals surface area contributed by atoms with Gasteiger partial charge in [0.25, 0.3) is 0 Å². The van der Waals surface area contributed by atoms with Crippen molar-refractivity contribution in [2.24, 2.45) is 11.5 Å². The molecule has 0 aliphatic heterocycles. The van der Waals surface area contributed by atoms with Crippen LogP contribution in [-0.4, -0.2) is 24.3 Å². The minimum Gasteiger partial charge on any atom is -0.330 e. The maximum Gasteiger partial charge on any atom is 0.0442 e. The first kappa shape index (κ1) is 9.84. The summed E-state index contributed by atoms with van der Waals surface area (Å²) in [5.41, 5.74) is 12.7. The van der Waals surface area contributed by atoms with Crippen molar-refractivity contribution in [3.05, 3.63) is 0 Å². The summed E-state index contributed by atoms with van der Waals surface area (Å²) in [6.45, 7) is 1.18. The average Bonchev–Trinajstić information content (AvgIpc) is 1.99. The molecule has 0 unspecified atom stereocenters. The van der Waals surface area contributed by atoms with Gasteiger partial charge in [-0.05, 0) is 19.4 Å². The minimum atomic E-state index is 0.0338. The van der Waals surface area contributed by atoms with E-state index in [0.717, 1.165) is 19.3 Å². The molecule has 0 fully saturated rings. The van der Waals surface area contributed by atoms with Gasteiger partial charge in [-0.25, -0.2) is 5.48 Å². The standard InChI is InChI=1S/C6H17N3O/c7-4-2-1-3-6(5-8)9-10/h6,9-10H,1-5,7-8H2/t6-/m0/s1. The van der Waals surface area contributed by atoms with Crippen LogP contribution in [0.5, 0.6) is 0 Å². The Balaban J connectivity index is 3.09. The van der Waals surface area contributed by atoms with Crippen LogP contribution in [-0.2, 0) is 0 Å². The molecule has 4 heteroatoms. The fraction of sp³-hybridized carbons (Fsp3) is 1.00. The van der Waals surface area contributed by atoms with E-state index in [-0.39, 0.29) is 6.04 Å². The number of nitrogens with one attached hydrogen (secondary N) is 1. The van der Waals surface area contributed by atoms with Crippen molar-refractivity contribution >= 4 is 0 Å². The first-order valence-corrected chi connectivity index (χ1v) is 3.65. The third-order valence-corrected chi connectivity index (χ3v) is 1.47. The summed E-state index contributed by atoms with van der Waals surface area (Å²) in [5, 5.41) is 8.46. The Morgan fingerprint density at radius 1 is 1.30 bits per heavy atom. The fourth-order valence-corrected chi connectivity index (χ4v) is 0.770. The van der Waals surface area contributed by atoms with Crippen LogP contribution in [0.25, 0.3) is 0 Å². The summed E-state index contributed by atoms with van der Waals surface area (Å²) in [6, 6.07) is 0.0338. The molecular weight excluding hydrogens is 130 g/mol. The molecule has 0 rings (SSSR count). The Kier molecular flexibility index (Phi) is 6.84. The van der Waals surface area contributed by atoms with Crippen molar-refractivity contribution in [3.63, 3.8) is 0 Å². The molecule has 0 aliphatic carbocycles. The summed E-state index contributed by atoms with van der Waals surface area (Å²) in [5.74, 6) is 0. The third kappa shape index (κ3) is 4.69. The summed E-state index contributed by atoms with van der Waals surface area (Å²) in [4.78, 5) is 0. The predicted octanol–water partition coefficient (Wildman–Crippen LogP) is -0.578. The van der Waals surface area contributed by atoms with Gasteiger partial charge in [-0.3, -0.25) is 0 Å². The van der Waals surface area contributed by atoms with Crippen LogP contribution in [0.2, 0.25) is 0 Å². The Labute approximate surface area is 61.5 Å². The maximum absolute atomic E-state index is 8.46. The van der Waals surface area contributed by atoms with Gasteiger partial charge in [-0.2, -0.15) is 0 Å². The second-order valence-corrected chi connectivity index (χ2v) is 2.35. The molecule has 1 atom stereocenters. The van der Waals surface area contributed by atoms with Gasteiger partial charge in [0.2, 0.25) is 0 Å². The van der Waals surface area contributed by atoms with E-state index in [1.807, 2.05) is 0 Å². The third-order valence-electron chi connectivity index (χ3n) is 1.47. The SMILES string of the molecule is NCCCC[C@@H](CN)NO. The van der Waals surface area contributed by atoms with Gasteiger partial charge >= 0.3 is 0 Å². The molecule has 0 aromatic rings. The van der Waals surface area contributed by atoms with E-state index < -0.39 is 0 Å². The second kappa shape index (κ2) is 6.95. The zero-order valence-electron chi connectivity index (χ0n) is 6.21. The number of unbranched alkanes of at least 4 members (excludes halogenated alkanes) is 1. The van der Waals surface area contributed by atoms with E-state index in [1.54, 1.807) is 0 Å². The molecule has 0 amide bonds. The van der Waals surface area contributed by atoms with Crippen molar-refractivity contribution in [2.45, 2.75) is 25.3 Å². The zero-order chi connectivity index (χ0) is 7.82. The average molecular weight is 147 g/mol. The number of hydrogen-bond acceptors (Lipinski definition) is 4. The van der Waals surface area contributed by atoms with E-state index in [2.05, 4.69) is 5.48 Å². The van der Waals surface area contributed by atoms with Crippen LogP contribution in [0.4, 0.5) is 0 Å². The topological polar surface area (TPSA) is 84.3 Å². The molecule has 0 aromatic heterocycles. The van der Waals surface area contributed by atoms with E-state index in [4.69, 9.17) is 16.7 Å². The fourth-order valence-electron chi connectivity index (χ4n) is 0.770. The van der Waals surface area contributed by atoms with Crippen LogP contribution in [0.15, 0.2) is 0 Å². The molecule has 62 valence electrons. The lowest BCUT2D eigenvalue weighted by molar-refractivity contribution is 0.123. The Bertz CT molecular complexity index is 66.0. The Morgan fingerprint density at radius 3 is 2.40 bits per heavy atom. The van der Waals surface area contributed by atoms with Crippen molar-refractivity contribution in [2.75, 3.05) is 13.1 Å². The summed E-state index contributed by atoms with van der Waals surface area (Å²) in [7, 11) is 0. The molecule has 0 aromatic carbocycles. The van der Waals surface area contributed by atoms with Crippen molar-refractivity contribution in [1.82, 2.24) is 5.48 Å². The van der Waals surface area contributed by atoms with Crippen molar-refractivity contribution < 1.29 is 5.21 Å². The molecule has 4 nitrogen and oxygen atoms in total. The van der Waals surface area contributed by atoms with Gasteiger partial charge in [-0.15, -0.1) is 0 Å². The molecule has 0 spiro atoms. The van der Waals surface area contributed by atoms with Crippen molar-refractivity contribution in [3.8, 4) is 0 Å². The second-order valence-electron chi connectivity index (χ2n) is 2.35. The smallest absolute Gasteiger partial charge is 0.0442 e. The monoisotopic (exact) mass is 147 g/mol. The maximum atomic E-state index is 8.46. The molecule has 0 bridgehead atoms. The lowest BCUT2D eigenvalue weighted by Crippen LogP contribution is -2.33. The largest absolute Gasteiger partial charge is 0.330 e. The number of hydroxylamine groups is 1. The van der Waals surface area contributed by atoms with Gasteiger partial charge in [0.15, 0.2) is 0 Å². The van der Waals surface area contributed by atoms with Gasteiger partial charge in [0, 0.05) is 12.6 Å². The highest BCUT2D eigenvalue weighted by molar-refractivity contribution is 4.61. The van der Waals surface area contributed by atoms with Gasteiger partial charge in [0.05, 0.1) is 0 Å². The van der Waals surface area contributed by atoms with E-state index in [1.165, 1.54) is 0 Å². The van der Waals surface area contributed by atoms with E-state index >= 15 is 0 Å².